The largest absolute Gasteiger partial charge is 0.478 e. The van der Waals surface area contributed by atoms with Crippen molar-refractivity contribution in [2.45, 2.75) is 52.7 Å². The van der Waals surface area contributed by atoms with E-state index in [2.05, 4.69) is 0 Å². The van der Waals surface area contributed by atoms with Crippen molar-refractivity contribution >= 4 is 11.4 Å². The summed E-state index contributed by atoms with van der Waals surface area (Å²) in [6.45, 7) is 4.27. The fourth-order valence-corrected chi connectivity index (χ4v) is 4.82. The molecule has 4 aromatic rings. The Labute approximate surface area is 271 Å². The predicted molar refractivity (Wildman–Crippen MR) is 156 cm³/mol. The van der Waals surface area contributed by atoms with Crippen LogP contribution in [0.1, 0.15) is 61.2 Å². The first-order valence-electron chi connectivity index (χ1n) is 14.3. The lowest BCUT2D eigenvalue weighted by Gasteiger charge is -2.21. The second-order valence-corrected chi connectivity index (χ2v) is 10.5. The average molecular weight is 701 g/mol. The molecule has 0 aliphatic rings. The van der Waals surface area contributed by atoms with Crippen molar-refractivity contribution in [1.29, 1.82) is 0 Å². The molecule has 4 aromatic carbocycles. The number of nitro groups is 2. The van der Waals surface area contributed by atoms with Gasteiger partial charge >= 0.3 is 11.4 Å². The lowest BCUT2D eigenvalue weighted by atomic mass is 10.0. The van der Waals surface area contributed by atoms with Crippen LogP contribution in [0, 0.1) is 80.6 Å². The lowest BCUT2D eigenvalue weighted by Crippen LogP contribution is -2.16. The van der Waals surface area contributed by atoms with E-state index in [1.165, 1.54) is 13.8 Å². The van der Waals surface area contributed by atoms with Gasteiger partial charge in [0.15, 0.2) is 46.5 Å². The summed E-state index contributed by atoms with van der Waals surface area (Å²) in [5.41, 5.74) is -5.68. The summed E-state index contributed by atoms with van der Waals surface area (Å²) in [5, 5.41) is 23.4. The van der Waals surface area contributed by atoms with E-state index >= 15 is 0 Å². The summed E-state index contributed by atoms with van der Waals surface area (Å²) in [4.78, 5) is 21.6. The van der Waals surface area contributed by atoms with Gasteiger partial charge in [-0.15, -0.1) is 0 Å². The Morgan fingerprint density at radius 1 is 0.571 bits per heavy atom. The number of benzene rings is 4. The van der Waals surface area contributed by atoms with E-state index in [4.69, 9.17) is 14.2 Å². The van der Waals surface area contributed by atoms with Crippen molar-refractivity contribution in [2.24, 2.45) is 0 Å². The van der Waals surface area contributed by atoms with Gasteiger partial charge < -0.3 is 14.2 Å². The SMILES string of the molecule is CCC(Oc1cc(Oc2ccc([N+](=O)[O-])c(OC(CC)c3c(F)c(F)c(C)c(F)c3F)c2)ccc1[N+](=O)[O-])c1c(F)c(F)c(C)c(F)c1F. The van der Waals surface area contributed by atoms with Gasteiger partial charge in [0.1, 0.15) is 23.7 Å². The predicted octanol–water partition coefficient (Wildman–Crippen LogP) is 10.1. The van der Waals surface area contributed by atoms with Gasteiger partial charge in [0.05, 0.1) is 21.0 Å². The van der Waals surface area contributed by atoms with Crippen LogP contribution < -0.4 is 14.2 Å². The van der Waals surface area contributed by atoms with Crippen molar-refractivity contribution < 1.29 is 59.2 Å². The Morgan fingerprint density at radius 2 is 0.878 bits per heavy atom. The fraction of sp³-hybridized carbons (Fsp3) is 0.250. The minimum Gasteiger partial charge on any atom is -0.478 e. The molecule has 0 aliphatic heterocycles. The highest BCUT2D eigenvalue weighted by Crippen LogP contribution is 2.42. The van der Waals surface area contributed by atoms with Crippen molar-refractivity contribution in [3.8, 4) is 23.0 Å². The van der Waals surface area contributed by atoms with E-state index in [9.17, 15) is 55.4 Å². The summed E-state index contributed by atoms with van der Waals surface area (Å²) < 4.78 is 133. The highest BCUT2D eigenvalue weighted by molar-refractivity contribution is 5.54. The zero-order valence-electron chi connectivity index (χ0n) is 25.8. The first-order chi connectivity index (χ1) is 23.0. The van der Waals surface area contributed by atoms with E-state index in [1.54, 1.807) is 0 Å². The molecule has 2 unspecified atom stereocenters. The van der Waals surface area contributed by atoms with Crippen LogP contribution in [-0.4, -0.2) is 9.85 Å². The second-order valence-electron chi connectivity index (χ2n) is 10.5. The minimum atomic E-state index is -1.78. The fourth-order valence-electron chi connectivity index (χ4n) is 4.82. The highest BCUT2D eigenvalue weighted by atomic mass is 19.2. The van der Waals surface area contributed by atoms with Crippen LogP contribution in [0.3, 0.4) is 0 Å². The van der Waals surface area contributed by atoms with E-state index in [-0.39, 0.29) is 24.3 Å². The van der Waals surface area contributed by atoms with Gasteiger partial charge in [-0.3, -0.25) is 20.2 Å². The molecule has 0 radical (unpaired) electrons. The molecule has 2 atom stereocenters. The molecule has 0 saturated carbocycles. The van der Waals surface area contributed by atoms with Crippen molar-refractivity contribution in [1.82, 2.24) is 0 Å². The molecule has 0 N–H and O–H groups in total. The smallest absolute Gasteiger partial charge is 0.311 e. The Hall–Kier alpha value is -5.48. The molecule has 0 bridgehead atoms. The number of rotatable bonds is 12. The van der Waals surface area contributed by atoms with Gasteiger partial charge in [-0.2, -0.15) is 0 Å². The van der Waals surface area contributed by atoms with Crippen molar-refractivity contribution in [2.75, 3.05) is 0 Å². The Kier molecular flexibility index (Phi) is 10.6. The molecule has 49 heavy (non-hydrogen) atoms. The molecular formula is C32H24F8N2O7. The van der Waals surface area contributed by atoms with Crippen LogP contribution in [0.25, 0.3) is 0 Å². The molecule has 260 valence electrons. The third-order valence-electron chi connectivity index (χ3n) is 7.45. The molecule has 0 heterocycles. The van der Waals surface area contributed by atoms with Gasteiger partial charge in [-0.05, 0) is 38.8 Å². The standard InChI is InChI=1S/C32H24F8N2O7/c1-5-19(23-29(37)25(33)13(3)26(34)30(23)38)48-21-11-15(7-9-17(21)41(43)44)47-16-8-10-18(42(45)46)22(12-16)49-20(6-2)24-31(39)27(35)14(4)28(36)32(24)40/h7-12,19-20H,5-6H2,1-4H3. The molecule has 0 aromatic heterocycles. The zero-order valence-corrected chi connectivity index (χ0v) is 25.8. The van der Waals surface area contributed by atoms with Crippen LogP contribution in [0.4, 0.5) is 46.5 Å². The second kappa shape index (κ2) is 14.3. The minimum absolute atomic E-state index is 0.274. The maximum atomic E-state index is 14.8. The summed E-state index contributed by atoms with van der Waals surface area (Å²) in [6, 6.07) is 5.58. The van der Waals surface area contributed by atoms with E-state index < -0.39 is 114 Å². The average Bonchev–Trinajstić information content (AvgIpc) is 3.07. The summed E-state index contributed by atoms with van der Waals surface area (Å²) >= 11 is 0. The maximum Gasteiger partial charge on any atom is 0.311 e. The maximum absolute atomic E-state index is 14.8. The van der Waals surface area contributed by atoms with Gasteiger partial charge in [0, 0.05) is 35.4 Å². The molecular weight excluding hydrogens is 676 g/mol. The van der Waals surface area contributed by atoms with Crippen LogP contribution in [0.2, 0.25) is 0 Å². The van der Waals surface area contributed by atoms with Crippen molar-refractivity contribution in [3.63, 3.8) is 0 Å². The summed E-state index contributed by atoms with van der Waals surface area (Å²) in [6.07, 6.45) is -4.20. The third kappa shape index (κ3) is 6.91. The van der Waals surface area contributed by atoms with Crippen LogP contribution in [-0.2, 0) is 0 Å². The Morgan fingerprint density at radius 3 is 1.14 bits per heavy atom. The van der Waals surface area contributed by atoms with Crippen LogP contribution in [0.15, 0.2) is 36.4 Å². The Balaban J connectivity index is 1.73. The molecule has 17 heteroatoms. The quantitative estimate of drug-likeness (QED) is 0.0625. The topological polar surface area (TPSA) is 114 Å². The molecule has 0 saturated heterocycles. The molecule has 0 fully saturated rings. The third-order valence-corrected chi connectivity index (χ3v) is 7.45. The number of hydrogen-bond donors (Lipinski definition) is 0. The summed E-state index contributed by atoms with van der Waals surface area (Å²) in [5.74, 6) is -15.7. The van der Waals surface area contributed by atoms with Gasteiger partial charge in [0.25, 0.3) is 0 Å². The first kappa shape index (κ1) is 36.4. The van der Waals surface area contributed by atoms with E-state index in [0.29, 0.717) is 0 Å². The monoisotopic (exact) mass is 700 g/mol. The zero-order chi connectivity index (χ0) is 36.5. The Bertz CT molecular complexity index is 1780. The first-order valence-corrected chi connectivity index (χ1v) is 14.3. The summed E-state index contributed by atoms with van der Waals surface area (Å²) in [7, 11) is 0. The lowest BCUT2D eigenvalue weighted by molar-refractivity contribution is -0.386. The van der Waals surface area contributed by atoms with Gasteiger partial charge in [0.2, 0.25) is 11.5 Å². The van der Waals surface area contributed by atoms with E-state index in [0.717, 1.165) is 50.2 Å². The molecule has 0 spiro atoms. The molecule has 0 amide bonds. The van der Waals surface area contributed by atoms with Crippen LogP contribution in [0.5, 0.6) is 23.0 Å². The number of nitrogens with zero attached hydrogens (tertiary/aromatic N) is 2. The van der Waals surface area contributed by atoms with Crippen molar-refractivity contribution in [3.05, 3.63) is 125 Å². The number of halogens is 8. The normalized spacial score (nSPS) is 12.4. The van der Waals surface area contributed by atoms with Gasteiger partial charge in [-0.25, -0.2) is 35.1 Å². The number of hydrogen-bond acceptors (Lipinski definition) is 7. The molecule has 9 nitrogen and oxygen atoms in total. The molecule has 0 aliphatic carbocycles. The molecule has 4 rings (SSSR count). The highest BCUT2D eigenvalue weighted by Gasteiger charge is 2.32. The number of ether oxygens (including phenoxy) is 3. The number of nitro benzene ring substituents is 2. The van der Waals surface area contributed by atoms with Crippen LogP contribution >= 0.6 is 0 Å². The van der Waals surface area contributed by atoms with Gasteiger partial charge in [-0.1, -0.05) is 13.8 Å². The van der Waals surface area contributed by atoms with E-state index in [1.807, 2.05) is 0 Å².